The first-order chi connectivity index (χ1) is 18.8. The molecule has 1 saturated heterocycles. The van der Waals surface area contributed by atoms with Crippen molar-refractivity contribution >= 4 is 40.6 Å². The fraction of sp³-hybridized carbons (Fsp3) is 0.393. The highest BCUT2D eigenvalue weighted by Crippen LogP contribution is 2.29. The number of rotatable bonds is 11. The minimum atomic E-state index is -0.965. The third-order valence-corrected chi connectivity index (χ3v) is 6.75. The van der Waals surface area contributed by atoms with Gasteiger partial charge in [-0.3, -0.25) is 34.4 Å². The Bertz CT molecular complexity index is 1330. The van der Waals surface area contributed by atoms with Gasteiger partial charge in [0.2, 0.25) is 11.8 Å². The summed E-state index contributed by atoms with van der Waals surface area (Å²) in [5, 5.41) is 5.51. The quantitative estimate of drug-likeness (QED) is 0.227. The average Bonchev–Trinajstić information content (AvgIpc) is 3.15. The summed E-state index contributed by atoms with van der Waals surface area (Å²) in [6, 6.07) is 5.82. The smallest absolute Gasteiger partial charge is 0.262 e. The first-order valence-electron chi connectivity index (χ1n) is 13.1. The molecule has 1 aromatic carbocycles. The van der Waals surface area contributed by atoms with Crippen molar-refractivity contribution in [1.82, 2.24) is 20.2 Å². The lowest BCUT2D eigenvalue weighted by atomic mass is 10.0. The van der Waals surface area contributed by atoms with E-state index in [0.29, 0.717) is 24.6 Å². The van der Waals surface area contributed by atoms with Crippen LogP contribution in [0.15, 0.2) is 47.3 Å². The topological polar surface area (TPSA) is 160 Å². The summed E-state index contributed by atoms with van der Waals surface area (Å²) < 4.78 is 0. The van der Waals surface area contributed by atoms with Crippen LogP contribution in [0.3, 0.4) is 0 Å². The Kier molecular flexibility index (Phi) is 8.80. The van der Waals surface area contributed by atoms with E-state index in [1.54, 1.807) is 36.7 Å². The van der Waals surface area contributed by atoms with E-state index < -0.39 is 29.7 Å². The summed E-state index contributed by atoms with van der Waals surface area (Å²) in [4.78, 5) is 63.6. The molecule has 4 amide bonds. The fourth-order valence-corrected chi connectivity index (χ4v) is 4.78. The number of nitrogens with two attached hydrogens (primary N) is 1. The molecule has 11 nitrogen and oxygen atoms in total. The predicted molar refractivity (Wildman–Crippen MR) is 147 cm³/mol. The minimum Gasteiger partial charge on any atom is -0.402 e. The van der Waals surface area contributed by atoms with E-state index in [9.17, 15) is 19.2 Å². The Morgan fingerprint density at radius 2 is 1.77 bits per heavy atom. The summed E-state index contributed by atoms with van der Waals surface area (Å²) in [7, 11) is 0. The van der Waals surface area contributed by atoms with Crippen LogP contribution in [0.4, 0.5) is 5.69 Å². The van der Waals surface area contributed by atoms with Crippen molar-refractivity contribution in [2.24, 2.45) is 10.7 Å². The second kappa shape index (κ2) is 12.4. The summed E-state index contributed by atoms with van der Waals surface area (Å²) in [5.74, 6) is -1.45. The predicted octanol–water partition coefficient (Wildman–Crippen LogP) is 2.70. The van der Waals surface area contributed by atoms with Crippen LogP contribution in [0.1, 0.15) is 78.9 Å². The summed E-state index contributed by atoms with van der Waals surface area (Å²) in [6.45, 7) is 5.14. The Labute approximate surface area is 227 Å². The molecule has 0 spiro atoms. The van der Waals surface area contributed by atoms with E-state index in [1.165, 1.54) is 0 Å². The second-order valence-corrected chi connectivity index (χ2v) is 9.65. The first-order valence-corrected chi connectivity index (χ1v) is 13.1. The molecule has 39 heavy (non-hydrogen) atoms. The molecule has 4 rings (SSSR count). The van der Waals surface area contributed by atoms with Gasteiger partial charge in [0.05, 0.1) is 16.7 Å². The van der Waals surface area contributed by atoms with Crippen molar-refractivity contribution in [2.45, 2.75) is 58.4 Å². The molecule has 1 fully saturated rings. The average molecular weight is 532 g/mol. The maximum absolute atomic E-state index is 13.0. The number of carbonyl (C=O) groups is 4. The molecule has 3 heterocycles. The largest absolute Gasteiger partial charge is 0.402 e. The van der Waals surface area contributed by atoms with Gasteiger partial charge in [-0.25, -0.2) is 9.97 Å². The number of aliphatic imine (C=N–C) groups is 1. The fourth-order valence-electron chi connectivity index (χ4n) is 4.78. The van der Waals surface area contributed by atoms with Crippen molar-refractivity contribution in [1.29, 1.82) is 0 Å². The van der Waals surface area contributed by atoms with E-state index in [-0.39, 0.29) is 24.0 Å². The van der Waals surface area contributed by atoms with Crippen LogP contribution in [0, 0.1) is 0 Å². The number of piperidine rings is 1. The normalized spacial score (nSPS) is 18.2. The third-order valence-electron chi connectivity index (χ3n) is 6.75. The van der Waals surface area contributed by atoms with Gasteiger partial charge in [-0.05, 0) is 57.4 Å². The zero-order valence-corrected chi connectivity index (χ0v) is 22.2. The number of nitrogens with one attached hydrogen (secondary N) is 2. The third kappa shape index (κ3) is 6.36. The number of amides is 4. The lowest BCUT2D eigenvalue weighted by Crippen LogP contribution is -2.54. The van der Waals surface area contributed by atoms with E-state index >= 15 is 0 Å². The van der Waals surface area contributed by atoms with E-state index in [1.807, 2.05) is 13.8 Å². The highest BCUT2D eigenvalue weighted by atomic mass is 16.2. The summed E-state index contributed by atoms with van der Waals surface area (Å²) in [5.41, 5.74) is 9.55. The highest BCUT2D eigenvalue weighted by Gasteiger charge is 2.44. The number of imide groups is 2. The number of carbonyl (C=O) groups excluding carboxylic acids is 4. The molecule has 0 aliphatic carbocycles. The number of nitrogens with zero attached hydrogens (tertiary/aromatic N) is 4. The van der Waals surface area contributed by atoms with Crippen LogP contribution < -0.4 is 16.4 Å². The lowest BCUT2D eigenvalue weighted by molar-refractivity contribution is -0.136. The van der Waals surface area contributed by atoms with Gasteiger partial charge in [-0.15, -0.1) is 0 Å². The molecule has 2 aromatic rings. The van der Waals surface area contributed by atoms with Crippen molar-refractivity contribution in [3.05, 3.63) is 59.3 Å². The molecule has 2 aliphatic heterocycles. The van der Waals surface area contributed by atoms with Gasteiger partial charge in [-0.2, -0.15) is 0 Å². The van der Waals surface area contributed by atoms with Crippen molar-refractivity contribution in [3.63, 3.8) is 0 Å². The SMILES string of the molecule is CC(=NCCCCCCNc1ccc2c(c1)C(=O)N(C1CCC(=O)NC1=O)C2=O)C(=C(C)N)c1ncccn1. The van der Waals surface area contributed by atoms with Crippen LogP contribution in [-0.2, 0) is 9.59 Å². The number of hydrogen-bond donors (Lipinski definition) is 3. The monoisotopic (exact) mass is 531 g/mol. The number of fused-ring (bicyclic) bond motifs is 1. The summed E-state index contributed by atoms with van der Waals surface area (Å²) in [6.07, 6.45) is 7.49. The van der Waals surface area contributed by atoms with Gasteiger partial charge in [0.1, 0.15) is 6.04 Å². The molecule has 4 N–H and O–H groups in total. The molecule has 0 radical (unpaired) electrons. The van der Waals surface area contributed by atoms with Crippen molar-refractivity contribution < 1.29 is 19.2 Å². The van der Waals surface area contributed by atoms with E-state index in [4.69, 9.17) is 5.73 Å². The molecule has 204 valence electrons. The molecule has 0 bridgehead atoms. The maximum atomic E-state index is 13.0. The molecule has 1 aromatic heterocycles. The van der Waals surface area contributed by atoms with E-state index in [0.717, 1.165) is 47.6 Å². The van der Waals surface area contributed by atoms with E-state index in [2.05, 4.69) is 25.6 Å². The Balaban J connectivity index is 1.21. The zero-order valence-electron chi connectivity index (χ0n) is 22.2. The van der Waals surface area contributed by atoms with Crippen molar-refractivity contribution in [2.75, 3.05) is 18.4 Å². The molecule has 1 atom stereocenters. The number of aromatic nitrogens is 2. The standard InChI is InChI=1S/C28H33N7O4/c1-17(29)24(25-32-14-7-15-33-25)18(2)30-12-5-3-4-6-13-31-19-8-9-20-21(16-19)28(39)35(27(20)38)22-10-11-23(36)34-26(22)37/h7-9,14-16,22,31H,3-6,10-13,29H2,1-2H3,(H,34,36,37). The molecule has 2 aliphatic rings. The zero-order chi connectivity index (χ0) is 27.9. The first kappa shape index (κ1) is 27.6. The number of unbranched alkanes of at least 4 members (excludes halogenated alkanes) is 3. The highest BCUT2D eigenvalue weighted by molar-refractivity contribution is 6.24. The summed E-state index contributed by atoms with van der Waals surface area (Å²) >= 11 is 0. The van der Waals surface area contributed by atoms with Gasteiger partial charge in [0.15, 0.2) is 5.82 Å². The van der Waals surface area contributed by atoms with Crippen LogP contribution in [0.2, 0.25) is 0 Å². The number of hydrogen-bond acceptors (Lipinski definition) is 9. The van der Waals surface area contributed by atoms with Crippen LogP contribution in [0.5, 0.6) is 0 Å². The molecule has 1 unspecified atom stereocenters. The second-order valence-electron chi connectivity index (χ2n) is 9.65. The van der Waals surface area contributed by atoms with Gasteiger partial charge >= 0.3 is 0 Å². The van der Waals surface area contributed by atoms with Crippen LogP contribution in [-0.4, -0.2) is 63.3 Å². The Hall–Kier alpha value is -4.41. The maximum Gasteiger partial charge on any atom is 0.262 e. The molecule has 0 saturated carbocycles. The van der Waals surface area contributed by atoms with Crippen LogP contribution in [0.25, 0.3) is 5.57 Å². The number of benzene rings is 1. The van der Waals surface area contributed by atoms with Gasteiger partial charge in [0.25, 0.3) is 11.8 Å². The minimum absolute atomic E-state index is 0.0939. The van der Waals surface area contributed by atoms with Gasteiger partial charge in [0, 0.05) is 49.0 Å². The van der Waals surface area contributed by atoms with Crippen molar-refractivity contribution in [3.8, 4) is 0 Å². The lowest BCUT2D eigenvalue weighted by Gasteiger charge is -2.27. The number of allylic oxidation sites excluding steroid dienone is 2. The molecule has 11 heteroatoms. The van der Waals surface area contributed by atoms with Crippen LogP contribution >= 0.6 is 0 Å². The van der Waals surface area contributed by atoms with Gasteiger partial charge < -0.3 is 11.1 Å². The van der Waals surface area contributed by atoms with Gasteiger partial charge in [-0.1, -0.05) is 12.8 Å². The Morgan fingerprint density at radius 1 is 1.05 bits per heavy atom. The Morgan fingerprint density at radius 3 is 2.49 bits per heavy atom. The molecular weight excluding hydrogens is 498 g/mol. The number of anilines is 1. The molecular formula is C28H33N7O4.